The highest BCUT2D eigenvalue weighted by atomic mass is 16.5. The molecule has 7 aliphatic rings. The third-order valence-corrected chi connectivity index (χ3v) is 11.2. The van der Waals surface area contributed by atoms with Crippen LogP contribution in [0.25, 0.3) is 22.5 Å². The Balaban J connectivity index is 1.11. The van der Waals surface area contributed by atoms with E-state index in [4.69, 9.17) is 14.5 Å². The Morgan fingerprint density at radius 3 is 2.12 bits per heavy atom. The lowest BCUT2D eigenvalue weighted by Crippen LogP contribution is -2.44. The Morgan fingerprint density at radius 2 is 1.34 bits per heavy atom. The third-order valence-electron chi connectivity index (χ3n) is 11.2. The predicted molar refractivity (Wildman–Crippen MR) is 201 cm³/mol. The molecule has 4 aromatic rings. The van der Waals surface area contributed by atoms with Crippen LogP contribution in [0.2, 0.25) is 0 Å². The maximum atomic E-state index is 6.81. The van der Waals surface area contributed by atoms with Crippen LogP contribution in [0.5, 0.6) is 11.5 Å². The topological polar surface area (TPSA) is 46.1 Å². The predicted octanol–water partition coefficient (Wildman–Crippen LogP) is 8.77. The van der Waals surface area contributed by atoms with Crippen LogP contribution in [-0.4, -0.2) is 29.5 Å². The summed E-state index contributed by atoms with van der Waals surface area (Å²) in [5.41, 5.74) is 13.3. The lowest BCUT2D eigenvalue weighted by atomic mass is 9.74. The summed E-state index contributed by atoms with van der Waals surface area (Å²) >= 11 is 0. The second-order valence-electron chi connectivity index (χ2n) is 14.0. The number of ether oxygens (including phenoxy) is 2. The van der Waals surface area contributed by atoms with Crippen LogP contribution in [0.3, 0.4) is 0 Å². The van der Waals surface area contributed by atoms with Crippen molar-refractivity contribution in [3.8, 4) is 11.5 Å². The molecular formula is C45H33N3O2. The standard InChI is InChI=1S/C45H33N3O2/c1-45-26-12-11-17-32(45)39-37-30-15-5-9-20-35(30)49-43(37)44-38(31-16-6-10-21-36(31)50-44)42(39)48(45)29-24-22-28(23-25-29)41-40(27-13-3-2-4-14-27)46-33-18-7-8-19-34(33)47-41/h2-26,32-33,43-44,46H,1H3. The fourth-order valence-corrected chi connectivity index (χ4v) is 9.04. The SMILES string of the molecule is CC12C=CC=CC1C1=C3c4ccccc4OC3C3Oc4ccccc4C3=C1N2c1ccc(C2=C(c3ccccc3)NC3C=CC=CC3=N2)cc1. The van der Waals surface area contributed by atoms with Gasteiger partial charge in [-0.15, -0.1) is 0 Å². The van der Waals surface area contributed by atoms with Gasteiger partial charge in [-0.1, -0.05) is 121 Å². The first-order valence-electron chi connectivity index (χ1n) is 17.4. The first kappa shape index (κ1) is 27.8. The number of rotatable bonds is 3. The lowest BCUT2D eigenvalue weighted by Gasteiger charge is -2.39. The average Bonchev–Trinajstić information content (AvgIpc) is 3.82. The van der Waals surface area contributed by atoms with Crippen LogP contribution in [-0.2, 0) is 0 Å². The van der Waals surface area contributed by atoms with Crippen molar-refractivity contribution in [3.63, 3.8) is 0 Å². The van der Waals surface area contributed by atoms with Gasteiger partial charge in [-0.3, -0.25) is 0 Å². The first-order chi connectivity index (χ1) is 24.7. The van der Waals surface area contributed by atoms with Crippen molar-refractivity contribution < 1.29 is 9.47 Å². The number of para-hydroxylation sites is 2. The van der Waals surface area contributed by atoms with E-state index < -0.39 is 0 Å². The number of allylic oxidation sites excluding steroid dienone is 5. The van der Waals surface area contributed by atoms with Crippen molar-refractivity contribution >= 4 is 33.9 Å². The minimum atomic E-state index is -0.344. The smallest absolute Gasteiger partial charge is 0.167 e. The summed E-state index contributed by atoms with van der Waals surface area (Å²) in [6, 6.07) is 36.5. The number of hydrogen-bond acceptors (Lipinski definition) is 5. The number of hydrogen-bond donors (Lipinski definition) is 1. The Hall–Kier alpha value is -6.07. The van der Waals surface area contributed by atoms with E-state index in [1.54, 1.807) is 0 Å². The zero-order valence-electron chi connectivity index (χ0n) is 27.5. The van der Waals surface area contributed by atoms with Gasteiger partial charge in [0.15, 0.2) is 12.2 Å². The maximum Gasteiger partial charge on any atom is 0.167 e. The average molecular weight is 648 g/mol. The van der Waals surface area contributed by atoms with Crippen LogP contribution < -0.4 is 19.7 Å². The van der Waals surface area contributed by atoms with Gasteiger partial charge in [0.05, 0.1) is 34.4 Å². The molecule has 240 valence electrons. The summed E-state index contributed by atoms with van der Waals surface area (Å²) in [5, 5.41) is 3.78. The molecule has 0 aromatic heterocycles. The molecule has 4 aromatic carbocycles. The summed E-state index contributed by atoms with van der Waals surface area (Å²) in [6.45, 7) is 2.37. The molecule has 4 aliphatic heterocycles. The molecular weight excluding hydrogens is 615 g/mol. The molecule has 5 heteroatoms. The fraction of sp³-hybridized carbons (Fsp3) is 0.133. The van der Waals surface area contributed by atoms with Gasteiger partial charge in [-0.2, -0.15) is 0 Å². The second-order valence-corrected chi connectivity index (χ2v) is 14.0. The van der Waals surface area contributed by atoms with E-state index in [1.807, 2.05) is 0 Å². The molecule has 50 heavy (non-hydrogen) atoms. The fourth-order valence-electron chi connectivity index (χ4n) is 9.04. The van der Waals surface area contributed by atoms with Crippen molar-refractivity contribution in [3.05, 3.63) is 185 Å². The van der Waals surface area contributed by atoms with Crippen LogP contribution in [0.15, 0.2) is 168 Å². The molecule has 0 amide bonds. The largest absolute Gasteiger partial charge is 0.481 e. The minimum Gasteiger partial charge on any atom is -0.481 e. The highest BCUT2D eigenvalue weighted by Crippen LogP contribution is 2.62. The maximum absolute atomic E-state index is 6.81. The van der Waals surface area contributed by atoms with E-state index in [0.29, 0.717) is 0 Å². The van der Waals surface area contributed by atoms with E-state index >= 15 is 0 Å². The Kier molecular flexibility index (Phi) is 5.69. The summed E-state index contributed by atoms with van der Waals surface area (Å²) in [6.07, 6.45) is 17.1. The molecule has 5 unspecified atom stereocenters. The molecule has 0 saturated carbocycles. The van der Waals surface area contributed by atoms with Gasteiger partial charge in [0, 0.05) is 39.4 Å². The monoisotopic (exact) mass is 647 g/mol. The molecule has 5 atom stereocenters. The van der Waals surface area contributed by atoms with Crippen molar-refractivity contribution in [1.82, 2.24) is 5.32 Å². The molecule has 1 N–H and O–H groups in total. The summed E-state index contributed by atoms with van der Waals surface area (Å²) < 4.78 is 13.6. The second kappa shape index (κ2) is 10.2. The van der Waals surface area contributed by atoms with Gasteiger partial charge in [0.2, 0.25) is 0 Å². The molecule has 4 heterocycles. The van der Waals surface area contributed by atoms with Gasteiger partial charge in [-0.25, -0.2) is 4.99 Å². The molecule has 0 radical (unpaired) electrons. The van der Waals surface area contributed by atoms with E-state index in [2.05, 4.69) is 169 Å². The number of benzene rings is 4. The molecule has 0 bridgehead atoms. The van der Waals surface area contributed by atoms with Gasteiger partial charge in [0.1, 0.15) is 11.5 Å². The molecule has 0 spiro atoms. The number of nitrogens with zero attached hydrogens (tertiary/aromatic N) is 2. The number of fused-ring (bicyclic) bond motifs is 11. The van der Waals surface area contributed by atoms with Crippen molar-refractivity contribution in [1.29, 1.82) is 0 Å². The van der Waals surface area contributed by atoms with Crippen molar-refractivity contribution in [2.45, 2.75) is 30.7 Å². The molecule has 1 saturated heterocycles. The molecule has 5 nitrogen and oxygen atoms in total. The van der Waals surface area contributed by atoms with Crippen LogP contribution >= 0.6 is 0 Å². The number of nitrogens with one attached hydrogen (secondary N) is 1. The lowest BCUT2D eigenvalue weighted by molar-refractivity contribution is 0.144. The Labute approximate surface area is 291 Å². The van der Waals surface area contributed by atoms with E-state index in [-0.39, 0.29) is 29.7 Å². The summed E-state index contributed by atoms with van der Waals surface area (Å²) in [5.74, 6) is 1.96. The van der Waals surface area contributed by atoms with Crippen LogP contribution in [0.1, 0.15) is 29.2 Å². The van der Waals surface area contributed by atoms with E-state index in [9.17, 15) is 0 Å². The van der Waals surface area contributed by atoms with Gasteiger partial charge < -0.3 is 19.7 Å². The minimum absolute atomic E-state index is 0.0509. The number of aliphatic imine (C=N–C) groups is 1. The quantitative estimate of drug-likeness (QED) is 0.242. The zero-order chi connectivity index (χ0) is 33.0. The normalized spacial score (nSPS) is 27.4. The highest BCUT2D eigenvalue weighted by Gasteiger charge is 2.59. The summed E-state index contributed by atoms with van der Waals surface area (Å²) in [7, 11) is 0. The van der Waals surface area contributed by atoms with Gasteiger partial charge >= 0.3 is 0 Å². The highest BCUT2D eigenvalue weighted by molar-refractivity contribution is 6.10. The van der Waals surface area contributed by atoms with E-state index in [0.717, 1.165) is 51.0 Å². The van der Waals surface area contributed by atoms with Crippen molar-refractivity contribution in [2.24, 2.45) is 10.9 Å². The van der Waals surface area contributed by atoms with Gasteiger partial charge in [0.25, 0.3) is 0 Å². The third kappa shape index (κ3) is 3.75. The van der Waals surface area contributed by atoms with Gasteiger partial charge in [-0.05, 0) is 48.4 Å². The zero-order valence-corrected chi connectivity index (χ0v) is 27.5. The van der Waals surface area contributed by atoms with Crippen molar-refractivity contribution in [2.75, 3.05) is 4.90 Å². The number of anilines is 1. The Bertz CT molecular complexity index is 2390. The molecule has 11 rings (SSSR count). The van der Waals surface area contributed by atoms with E-state index in [1.165, 1.54) is 28.0 Å². The molecule has 3 aliphatic carbocycles. The van der Waals surface area contributed by atoms with Crippen LogP contribution in [0.4, 0.5) is 5.69 Å². The molecule has 1 fully saturated rings. The Morgan fingerprint density at radius 1 is 0.660 bits per heavy atom. The first-order valence-corrected chi connectivity index (χ1v) is 17.4. The summed E-state index contributed by atoms with van der Waals surface area (Å²) in [4.78, 5) is 7.81. The van der Waals surface area contributed by atoms with Crippen LogP contribution in [0, 0.1) is 5.92 Å².